The minimum Gasteiger partial charge on any atom is -0.444 e. The predicted molar refractivity (Wildman–Crippen MR) is 80.8 cm³/mol. The molecule has 1 aliphatic rings. The first-order valence-electron chi connectivity index (χ1n) is 7.24. The van der Waals surface area contributed by atoms with Crippen molar-refractivity contribution in [3.8, 4) is 0 Å². The van der Waals surface area contributed by atoms with Gasteiger partial charge in [-0.25, -0.2) is 4.79 Å². The van der Waals surface area contributed by atoms with Crippen molar-refractivity contribution in [2.24, 2.45) is 11.7 Å². The molecule has 5 nitrogen and oxygen atoms in total. The van der Waals surface area contributed by atoms with E-state index in [4.69, 9.17) is 15.2 Å². The molecule has 0 spiro atoms. The molecule has 1 aliphatic heterocycles. The summed E-state index contributed by atoms with van der Waals surface area (Å²) in [5, 5.41) is 2.87. The zero-order valence-corrected chi connectivity index (χ0v) is 12.8. The van der Waals surface area contributed by atoms with Gasteiger partial charge in [0.25, 0.3) is 0 Å². The van der Waals surface area contributed by atoms with Crippen LogP contribution in [0.25, 0.3) is 0 Å². The number of hydrogen-bond acceptors (Lipinski definition) is 4. The molecule has 0 aromatic heterocycles. The van der Waals surface area contributed by atoms with Gasteiger partial charge in [0.1, 0.15) is 5.60 Å². The summed E-state index contributed by atoms with van der Waals surface area (Å²) in [4.78, 5) is 11.9. The highest BCUT2D eigenvalue weighted by Crippen LogP contribution is 2.27. The average molecular weight is 292 g/mol. The molecule has 2 rings (SSSR count). The maximum Gasteiger partial charge on any atom is 0.407 e. The number of carbonyl (C=O) groups excluding carboxylic acids is 1. The monoisotopic (exact) mass is 292 g/mol. The van der Waals surface area contributed by atoms with Gasteiger partial charge < -0.3 is 20.5 Å². The Morgan fingerprint density at radius 2 is 2.00 bits per heavy atom. The Labute approximate surface area is 125 Å². The van der Waals surface area contributed by atoms with Crippen LogP contribution in [0.15, 0.2) is 30.3 Å². The van der Waals surface area contributed by atoms with Gasteiger partial charge in [-0.3, -0.25) is 0 Å². The molecular formula is C16H24N2O3. The lowest BCUT2D eigenvalue weighted by Gasteiger charge is -2.27. The van der Waals surface area contributed by atoms with Gasteiger partial charge in [-0.1, -0.05) is 30.3 Å². The highest BCUT2D eigenvalue weighted by Gasteiger charge is 2.35. The molecule has 3 N–H and O–H groups in total. The molecule has 1 aromatic carbocycles. The average Bonchev–Trinajstić information content (AvgIpc) is 2.84. The van der Waals surface area contributed by atoms with Crippen LogP contribution in [0.4, 0.5) is 4.79 Å². The van der Waals surface area contributed by atoms with E-state index in [-0.39, 0.29) is 18.0 Å². The number of nitrogens with two attached hydrogens (primary N) is 1. The normalized spacial score (nSPS) is 23.6. The zero-order valence-electron chi connectivity index (χ0n) is 12.8. The van der Waals surface area contributed by atoms with Crippen LogP contribution in [0.1, 0.15) is 32.4 Å². The minimum atomic E-state index is -0.513. The van der Waals surface area contributed by atoms with Gasteiger partial charge in [-0.2, -0.15) is 0 Å². The van der Waals surface area contributed by atoms with E-state index in [1.165, 1.54) is 0 Å². The lowest BCUT2D eigenvalue weighted by atomic mass is 9.90. The number of hydrogen-bond donors (Lipinski definition) is 2. The Hall–Kier alpha value is -1.59. The molecular weight excluding hydrogens is 268 g/mol. The van der Waals surface area contributed by atoms with E-state index in [2.05, 4.69) is 5.32 Å². The second-order valence-corrected chi connectivity index (χ2v) is 6.39. The molecule has 0 radical (unpaired) electrons. The van der Waals surface area contributed by atoms with Crippen LogP contribution in [-0.2, 0) is 9.47 Å². The third-order valence-electron chi connectivity index (χ3n) is 3.47. The van der Waals surface area contributed by atoms with E-state index in [0.29, 0.717) is 13.2 Å². The highest BCUT2D eigenvalue weighted by molar-refractivity contribution is 5.68. The van der Waals surface area contributed by atoms with Crippen LogP contribution in [-0.4, -0.2) is 30.9 Å². The molecule has 0 bridgehead atoms. The first-order chi connectivity index (χ1) is 9.87. The predicted octanol–water partition coefficient (Wildman–Crippen LogP) is 2.23. The van der Waals surface area contributed by atoms with Crippen LogP contribution >= 0.6 is 0 Å². The summed E-state index contributed by atoms with van der Waals surface area (Å²) in [6.07, 6.45) is -0.428. The molecule has 116 valence electrons. The van der Waals surface area contributed by atoms with Crippen molar-refractivity contribution >= 4 is 6.09 Å². The Kier molecular flexibility index (Phi) is 4.85. The van der Waals surface area contributed by atoms with E-state index >= 15 is 0 Å². The SMILES string of the molecule is CC(C)(C)OC(=O)N[C@@H]1COC[C@H]1C(N)c1ccccc1. The van der Waals surface area contributed by atoms with Crippen molar-refractivity contribution in [3.05, 3.63) is 35.9 Å². The highest BCUT2D eigenvalue weighted by atomic mass is 16.6. The number of amides is 1. The van der Waals surface area contributed by atoms with Crippen molar-refractivity contribution in [1.29, 1.82) is 0 Å². The quantitative estimate of drug-likeness (QED) is 0.896. The fraction of sp³-hybridized carbons (Fsp3) is 0.562. The van der Waals surface area contributed by atoms with Crippen molar-refractivity contribution in [3.63, 3.8) is 0 Å². The number of benzene rings is 1. The second kappa shape index (κ2) is 6.45. The Balaban J connectivity index is 1.99. The summed E-state index contributed by atoms with van der Waals surface area (Å²) in [6.45, 7) is 6.52. The lowest BCUT2D eigenvalue weighted by Crippen LogP contribution is -2.45. The van der Waals surface area contributed by atoms with E-state index in [1.54, 1.807) is 0 Å². The number of carbonyl (C=O) groups is 1. The summed E-state index contributed by atoms with van der Waals surface area (Å²) in [7, 11) is 0. The van der Waals surface area contributed by atoms with Gasteiger partial charge in [0.05, 0.1) is 19.3 Å². The van der Waals surface area contributed by atoms with Crippen LogP contribution < -0.4 is 11.1 Å². The topological polar surface area (TPSA) is 73.6 Å². The first kappa shape index (κ1) is 15.8. The molecule has 1 aromatic rings. The molecule has 0 saturated carbocycles. The maximum atomic E-state index is 11.9. The van der Waals surface area contributed by atoms with Crippen LogP contribution in [0.5, 0.6) is 0 Å². The Bertz CT molecular complexity index is 470. The summed E-state index contributed by atoms with van der Waals surface area (Å²) in [5.41, 5.74) is 6.85. The van der Waals surface area contributed by atoms with Crippen LogP contribution in [0, 0.1) is 5.92 Å². The van der Waals surface area contributed by atoms with Crippen molar-refractivity contribution in [2.45, 2.75) is 38.5 Å². The van der Waals surface area contributed by atoms with Crippen LogP contribution in [0.3, 0.4) is 0 Å². The Morgan fingerprint density at radius 3 is 2.62 bits per heavy atom. The fourth-order valence-electron chi connectivity index (χ4n) is 2.45. The van der Waals surface area contributed by atoms with Gasteiger partial charge >= 0.3 is 6.09 Å². The van der Waals surface area contributed by atoms with E-state index < -0.39 is 11.7 Å². The van der Waals surface area contributed by atoms with Crippen LogP contribution in [0.2, 0.25) is 0 Å². The second-order valence-electron chi connectivity index (χ2n) is 6.39. The van der Waals surface area contributed by atoms with E-state index in [0.717, 1.165) is 5.56 Å². The zero-order chi connectivity index (χ0) is 15.5. The Morgan fingerprint density at radius 1 is 1.33 bits per heavy atom. The molecule has 3 atom stereocenters. The third-order valence-corrected chi connectivity index (χ3v) is 3.47. The lowest BCUT2D eigenvalue weighted by molar-refractivity contribution is 0.0489. The van der Waals surface area contributed by atoms with Crippen molar-refractivity contribution in [2.75, 3.05) is 13.2 Å². The van der Waals surface area contributed by atoms with Crippen molar-refractivity contribution < 1.29 is 14.3 Å². The number of rotatable bonds is 3. The van der Waals surface area contributed by atoms with Gasteiger partial charge in [-0.15, -0.1) is 0 Å². The summed E-state index contributed by atoms with van der Waals surface area (Å²) in [6, 6.07) is 9.56. The standard InChI is InChI=1S/C16H24N2O3/c1-16(2,3)21-15(19)18-13-10-20-9-12(13)14(17)11-7-5-4-6-8-11/h4-8,12-14H,9-10,17H2,1-3H3,(H,18,19)/t12-,13-,14?/m1/s1. The van der Waals surface area contributed by atoms with Gasteiger partial charge in [-0.05, 0) is 26.3 Å². The number of alkyl carbamates (subject to hydrolysis) is 1. The molecule has 0 aliphatic carbocycles. The largest absolute Gasteiger partial charge is 0.444 e. The van der Waals surface area contributed by atoms with E-state index in [1.807, 2.05) is 51.1 Å². The van der Waals surface area contributed by atoms with Gasteiger partial charge in [0, 0.05) is 12.0 Å². The minimum absolute atomic E-state index is 0.0416. The number of nitrogens with one attached hydrogen (secondary N) is 1. The molecule has 5 heteroatoms. The number of ether oxygens (including phenoxy) is 2. The summed E-state index contributed by atoms with van der Waals surface area (Å²) < 4.78 is 10.8. The summed E-state index contributed by atoms with van der Waals surface area (Å²) >= 11 is 0. The van der Waals surface area contributed by atoms with E-state index in [9.17, 15) is 4.79 Å². The molecule has 1 heterocycles. The smallest absolute Gasteiger partial charge is 0.407 e. The van der Waals surface area contributed by atoms with Crippen molar-refractivity contribution in [1.82, 2.24) is 5.32 Å². The molecule has 1 amide bonds. The fourth-order valence-corrected chi connectivity index (χ4v) is 2.45. The van der Waals surface area contributed by atoms with Gasteiger partial charge in [0.2, 0.25) is 0 Å². The van der Waals surface area contributed by atoms with Gasteiger partial charge in [0.15, 0.2) is 0 Å². The third kappa shape index (κ3) is 4.44. The summed E-state index contributed by atoms with van der Waals surface area (Å²) in [5.74, 6) is 0.0416. The first-order valence-corrected chi connectivity index (χ1v) is 7.24. The molecule has 1 unspecified atom stereocenters. The molecule has 1 fully saturated rings. The molecule has 1 saturated heterocycles. The maximum absolute atomic E-state index is 11.9. The molecule has 21 heavy (non-hydrogen) atoms.